The van der Waals surface area contributed by atoms with Crippen molar-refractivity contribution in [2.45, 2.75) is 52.0 Å². The fourth-order valence-corrected chi connectivity index (χ4v) is 3.47. The van der Waals surface area contributed by atoms with Crippen LogP contribution < -0.4 is 5.32 Å². The molecule has 0 aromatic heterocycles. The van der Waals surface area contributed by atoms with Crippen LogP contribution in [0.1, 0.15) is 46.0 Å². The molecular weight excluding hydrogens is 250 g/mol. The first-order chi connectivity index (χ1) is 9.74. The van der Waals surface area contributed by atoms with E-state index in [0.29, 0.717) is 5.91 Å². The summed E-state index contributed by atoms with van der Waals surface area (Å²) in [5, 5.41) is 3.38. The zero-order valence-corrected chi connectivity index (χ0v) is 13.2. The van der Waals surface area contributed by atoms with E-state index in [1.54, 1.807) is 0 Å². The molecule has 0 bridgehead atoms. The van der Waals surface area contributed by atoms with Crippen molar-refractivity contribution in [1.29, 1.82) is 0 Å². The summed E-state index contributed by atoms with van der Waals surface area (Å²) >= 11 is 0. The van der Waals surface area contributed by atoms with Crippen LogP contribution in [0.25, 0.3) is 0 Å². The summed E-state index contributed by atoms with van der Waals surface area (Å²) in [7, 11) is 0. The van der Waals surface area contributed by atoms with Gasteiger partial charge in [-0.2, -0.15) is 0 Å². The van der Waals surface area contributed by atoms with Gasteiger partial charge in [0.1, 0.15) is 0 Å². The minimum absolute atomic E-state index is 0.100. The molecule has 4 heteroatoms. The highest BCUT2D eigenvalue weighted by Crippen LogP contribution is 2.20. The molecule has 0 aromatic carbocycles. The van der Waals surface area contributed by atoms with E-state index >= 15 is 0 Å². The Hall–Kier alpha value is -0.610. The van der Waals surface area contributed by atoms with Crippen molar-refractivity contribution in [3.8, 4) is 0 Å². The van der Waals surface area contributed by atoms with E-state index in [0.717, 1.165) is 45.1 Å². The Labute approximate surface area is 123 Å². The molecule has 2 heterocycles. The number of piperidine rings is 2. The van der Waals surface area contributed by atoms with Crippen LogP contribution in [-0.4, -0.2) is 61.0 Å². The maximum absolute atomic E-state index is 12.4. The molecule has 1 N–H and O–H groups in total. The summed E-state index contributed by atoms with van der Waals surface area (Å²) in [5.74, 6) is 1.13. The fourth-order valence-electron chi connectivity index (χ4n) is 3.47. The van der Waals surface area contributed by atoms with Crippen LogP contribution in [-0.2, 0) is 4.79 Å². The third kappa shape index (κ3) is 4.19. The van der Waals surface area contributed by atoms with Gasteiger partial charge < -0.3 is 15.1 Å². The molecule has 0 aromatic rings. The van der Waals surface area contributed by atoms with E-state index < -0.39 is 0 Å². The Kier molecular flexibility index (Phi) is 6.30. The number of rotatable bonds is 5. The van der Waals surface area contributed by atoms with E-state index in [9.17, 15) is 4.79 Å². The highest BCUT2D eigenvalue weighted by atomic mass is 16.2. The Balaban J connectivity index is 1.74. The predicted molar refractivity (Wildman–Crippen MR) is 82.7 cm³/mol. The summed E-state index contributed by atoms with van der Waals surface area (Å²) in [6, 6.07) is 0.100. The molecule has 116 valence electrons. The first-order valence-corrected chi connectivity index (χ1v) is 8.49. The number of carbonyl (C=O) groups excluding carboxylic acids is 1. The maximum Gasteiger partial charge on any atom is 0.239 e. The van der Waals surface area contributed by atoms with Crippen LogP contribution in [0.5, 0.6) is 0 Å². The normalized spacial score (nSPS) is 25.1. The molecule has 0 saturated carbocycles. The summed E-state index contributed by atoms with van der Waals surface area (Å²) in [6.07, 6.45) is 5.79. The van der Waals surface area contributed by atoms with Gasteiger partial charge in [0.25, 0.3) is 0 Å². The van der Waals surface area contributed by atoms with Crippen LogP contribution in [0, 0.1) is 5.92 Å². The molecular formula is C16H31N3O. The lowest BCUT2D eigenvalue weighted by Gasteiger charge is -2.37. The zero-order valence-electron chi connectivity index (χ0n) is 13.2. The second-order valence-corrected chi connectivity index (χ2v) is 6.26. The molecule has 0 unspecified atom stereocenters. The van der Waals surface area contributed by atoms with Crippen LogP contribution in [0.2, 0.25) is 0 Å². The Bertz CT molecular complexity index is 290. The molecule has 2 rings (SSSR count). The van der Waals surface area contributed by atoms with Gasteiger partial charge in [0.2, 0.25) is 5.91 Å². The summed E-state index contributed by atoms with van der Waals surface area (Å²) in [4.78, 5) is 17.1. The predicted octanol–water partition coefficient (Wildman–Crippen LogP) is 1.71. The van der Waals surface area contributed by atoms with Crippen molar-refractivity contribution < 1.29 is 4.79 Å². The molecule has 0 spiro atoms. The average molecular weight is 281 g/mol. The number of nitrogens with zero attached hydrogens (tertiary/aromatic N) is 2. The molecule has 2 saturated heterocycles. The summed E-state index contributed by atoms with van der Waals surface area (Å²) in [6.45, 7) is 10.9. The number of amides is 1. The molecule has 2 fully saturated rings. The minimum Gasteiger partial charge on any atom is -0.341 e. The van der Waals surface area contributed by atoms with Crippen molar-refractivity contribution in [3.63, 3.8) is 0 Å². The van der Waals surface area contributed by atoms with Gasteiger partial charge in [-0.15, -0.1) is 0 Å². The summed E-state index contributed by atoms with van der Waals surface area (Å²) in [5.41, 5.74) is 0. The van der Waals surface area contributed by atoms with Gasteiger partial charge in [-0.05, 0) is 51.2 Å². The lowest BCUT2D eigenvalue weighted by Crippen LogP contribution is -2.51. The van der Waals surface area contributed by atoms with Crippen LogP contribution in [0.15, 0.2) is 0 Å². The smallest absolute Gasteiger partial charge is 0.239 e. The lowest BCUT2D eigenvalue weighted by atomic mass is 9.95. The fraction of sp³-hybridized carbons (Fsp3) is 0.938. The van der Waals surface area contributed by atoms with E-state index in [2.05, 4.69) is 29.0 Å². The average Bonchev–Trinajstić information content (AvgIpc) is 2.53. The van der Waals surface area contributed by atoms with E-state index in [4.69, 9.17) is 0 Å². The van der Waals surface area contributed by atoms with E-state index in [1.807, 2.05) is 0 Å². The van der Waals surface area contributed by atoms with Crippen molar-refractivity contribution in [2.24, 2.45) is 5.92 Å². The van der Waals surface area contributed by atoms with Gasteiger partial charge in [-0.25, -0.2) is 0 Å². The van der Waals surface area contributed by atoms with Gasteiger partial charge in [0.05, 0.1) is 6.04 Å². The second-order valence-electron chi connectivity index (χ2n) is 6.26. The third-order valence-electron chi connectivity index (χ3n) is 4.95. The van der Waals surface area contributed by atoms with Gasteiger partial charge >= 0.3 is 0 Å². The Morgan fingerprint density at radius 1 is 1.15 bits per heavy atom. The standard InChI is InChI=1S/C16H31N3O/c1-3-18(4-2)13-14-8-11-19(12-9-14)16(20)15-7-5-6-10-17-15/h14-15,17H,3-13H2,1-2H3/t15-/m1/s1. The highest BCUT2D eigenvalue weighted by molar-refractivity contribution is 5.82. The maximum atomic E-state index is 12.4. The summed E-state index contributed by atoms with van der Waals surface area (Å²) < 4.78 is 0. The first-order valence-electron chi connectivity index (χ1n) is 8.49. The minimum atomic E-state index is 0.100. The number of hydrogen-bond acceptors (Lipinski definition) is 3. The third-order valence-corrected chi connectivity index (χ3v) is 4.95. The zero-order chi connectivity index (χ0) is 14.4. The second kappa shape index (κ2) is 7.99. The molecule has 0 aliphatic carbocycles. The van der Waals surface area contributed by atoms with Crippen molar-refractivity contribution in [3.05, 3.63) is 0 Å². The largest absolute Gasteiger partial charge is 0.341 e. The van der Waals surface area contributed by atoms with Gasteiger partial charge in [-0.3, -0.25) is 4.79 Å². The molecule has 2 aliphatic rings. The monoisotopic (exact) mass is 281 g/mol. The number of nitrogens with one attached hydrogen (secondary N) is 1. The van der Waals surface area contributed by atoms with Crippen LogP contribution in [0.3, 0.4) is 0 Å². The molecule has 1 amide bonds. The quantitative estimate of drug-likeness (QED) is 0.833. The Morgan fingerprint density at radius 2 is 1.85 bits per heavy atom. The van der Waals surface area contributed by atoms with Gasteiger partial charge in [0, 0.05) is 19.6 Å². The van der Waals surface area contributed by atoms with Gasteiger partial charge in [-0.1, -0.05) is 20.3 Å². The van der Waals surface area contributed by atoms with Crippen LogP contribution >= 0.6 is 0 Å². The topological polar surface area (TPSA) is 35.6 Å². The van der Waals surface area contributed by atoms with Crippen molar-refractivity contribution in [2.75, 3.05) is 39.3 Å². The molecule has 1 atom stereocenters. The number of likely N-dealkylation sites (tertiary alicyclic amines) is 1. The SMILES string of the molecule is CCN(CC)CC1CCN(C(=O)[C@H]2CCCCN2)CC1. The van der Waals surface area contributed by atoms with E-state index in [-0.39, 0.29) is 6.04 Å². The number of carbonyl (C=O) groups is 1. The molecule has 20 heavy (non-hydrogen) atoms. The molecule has 4 nitrogen and oxygen atoms in total. The van der Waals surface area contributed by atoms with Crippen molar-refractivity contribution in [1.82, 2.24) is 15.1 Å². The van der Waals surface area contributed by atoms with Gasteiger partial charge in [0.15, 0.2) is 0 Å². The Morgan fingerprint density at radius 3 is 2.40 bits per heavy atom. The number of hydrogen-bond donors (Lipinski definition) is 1. The highest BCUT2D eigenvalue weighted by Gasteiger charge is 2.29. The van der Waals surface area contributed by atoms with Crippen LogP contribution in [0.4, 0.5) is 0 Å². The van der Waals surface area contributed by atoms with E-state index in [1.165, 1.54) is 32.2 Å². The molecule has 2 aliphatic heterocycles. The first kappa shape index (κ1) is 15.8. The lowest BCUT2D eigenvalue weighted by molar-refractivity contribution is -0.135. The van der Waals surface area contributed by atoms with Crippen molar-refractivity contribution >= 4 is 5.91 Å². The molecule has 0 radical (unpaired) electrons.